The average Bonchev–Trinajstić information content (AvgIpc) is 3.27. The number of aryl methyl sites for hydroxylation is 2. The molecule has 1 atom stereocenters. The smallest absolute Gasteiger partial charge is 0.270 e. The number of carbonyl (C=O) groups excluding carboxylic acids is 1. The SMILES string of the molecule is C[C@@H](CO)NC(=O)c1cc(-c2ccc(-c3ccc(=O)n(C)c3)nc2)nc(-c2cnn(C)c2)n1. The second kappa shape index (κ2) is 9.13. The van der Waals surface area contributed by atoms with E-state index in [0.717, 1.165) is 5.56 Å². The van der Waals surface area contributed by atoms with Gasteiger partial charge in [0.05, 0.1) is 29.8 Å². The Labute approximate surface area is 189 Å². The van der Waals surface area contributed by atoms with Crippen LogP contribution < -0.4 is 10.9 Å². The van der Waals surface area contributed by atoms with Crippen molar-refractivity contribution < 1.29 is 9.90 Å². The standard InChI is InChI=1S/C23H23N7O3/c1-14(13-31)26-23(33)20-8-19(27-22(28-20)17-10-25-30(3)12-17)15-4-6-18(24-9-15)16-5-7-21(32)29(2)11-16/h4-12,14,31H,13H2,1-3H3,(H,26,33)/t14-/m0/s1. The molecule has 0 bridgehead atoms. The van der Waals surface area contributed by atoms with Gasteiger partial charge in [-0.3, -0.25) is 19.3 Å². The first-order chi connectivity index (χ1) is 15.8. The van der Waals surface area contributed by atoms with Gasteiger partial charge in [0.25, 0.3) is 5.91 Å². The number of aliphatic hydroxyl groups excluding tert-OH is 1. The maximum absolute atomic E-state index is 12.7. The van der Waals surface area contributed by atoms with Gasteiger partial charge in [0.2, 0.25) is 5.56 Å². The fourth-order valence-corrected chi connectivity index (χ4v) is 3.18. The Morgan fingerprint density at radius 1 is 1.03 bits per heavy atom. The number of nitrogens with one attached hydrogen (secondary N) is 1. The van der Waals surface area contributed by atoms with Crippen LogP contribution in [0.3, 0.4) is 0 Å². The third-order valence-electron chi connectivity index (χ3n) is 5.01. The van der Waals surface area contributed by atoms with Crippen LogP contribution >= 0.6 is 0 Å². The summed E-state index contributed by atoms with van der Waals surface area (Å²) in [5.74, 6) is -0.0651. The van der Waals surface area contributed by atoms with Gasteiger partial charge in [-0.15, -0.1) is 0 Å². The van der Waals surface area contributed by atoms with E-state index in [1.807, 2.05) is 12.1 Å². The second-order valence-corrected chi connectivity index (χ2v) is 7.72. The Morgan fingerprint density at radius 3 is 2.45 bits per heavy atom. The molecule has 0 aliphatic carbocycles. The number of aliphatic hydroxyl groups is 1. The van der Waals surface area contributed by atoms with Crippen molar-refractivity contribution in [1.82, 2.24) is 34.6 Å². The molecular formula is C23H23N7O3. The number of carbonyl (C=O) groups is 1. The number of aromatic nitrogens is 6. The van der Waals surface area contributed by atoms with Crippen LogP contribution in [0.4, 0.5) is 0 Å². The van der Waals surface area contributed by atoms with Crippen LogP contribution in [0.2, 0.25) is 0 Å². The van der Waals surface area contributed by atoms with Crippen LogP contribution in [0.1, 0.15) is 17.4 Å². The molecule has 4 rings (SSSR count). The molecule has 10 heteroatoms. The molecule has 10 nitrogen and oxygen atoms in total. The van der Waals surface area contributed by atoms with Crippen LogP contribution in [0.5, 0.6) is 0 Å². The molecule has 0 saturated carbocycles. The molecule has 0 aliphatic heterocycles. The van der Waals surface area contributed by atoms with Crippen molar-refractivity contribution in [2.75, 3.05) is 6.61 Å². The summed E-state index contributed by atoms with van der Waals surface area (Å²) in [6, 6.07) is 8.06. The fraction of sp³-hybridized carbons (Fsp3) is 0.217. The van der Waals surface area contributed by atoms with Gasteiger partial charge in [0, 0.05) is 55.9 Å². The van der Waals surface area contributed by atoms with E-state index in [9.17, 15) is 14.7 Å². The van der Waals surface area contributed by atoms with Gasteiger partial charge in [-0.05, 0) is 31.2 Å². The van der Waals surface area contributed by atoms with Crippen LogP contribution in [0.25, 0.3) is 33.9 Å². The van der Waals surface area contributed by atoms with Crippen LogP contribution in [-0.4, -0.2) is 53.0 Å². The highest BCUT2D eigenvalue weighted by molar-refractivity contribution is 5.94. The third kappa shape index (κ3) is 4.85. The lowest BCUT2D eigenvalue weighted by molar-refractivity contribution is 0.0917. The van der Waals surface area contributed by atoms with E-state index in [4.69, 9.17) is 0 Å². The van der Waals surface area contributed by atoms with Gasteiger partial charge in [0.15, 0.2) is 5.82 Å². The number of amides is 1. The number of rotatable bonds is 6. The number of pyridine rings is 2. The predicted octanol–water partition coefficient (Wildman–Crippen LogP) is 1.42. The maximum Gasteiger partial charge on any atom is 0.270 e. The maximum atomic E-state index is 12.7. The molecule has 4 aromatic heterocycles. The predicted molar refractivity (Wildman–Crippen MR) is 122 cm³/mol. The van der Waals surface area contributed by atoms with Gasteiger partial charge < -0.3 is 15.0 Å². The van der Waals surface area contributed by atoms with E-state index >= 15 is 0 Å². The minimum atomic E-state index is -0.417. The van der Waals surface area contributed by atoms with Crippen molar-refractivity contribution in [3.63, 3.8) is 0 Å². The van der Waals surface area contributed by atoms with Crippen molar-refractivity contribution in [2.24, 2.45) is 14.1 Å². The summed E-state index contributed by atoms with van der Waals surface area (Å²) in [5.41, 5.74) is 3.46. The molecule has 4 aromatic rings. The summed E-state index contributed by atoms with van der Waals surface area (Å²) in [6.45, 7) is 1.51. The summed E-state index contributed by atoms with van der Waals surface area (Å²) < 4.78 is 3.12. The molecule has 33 heavy (non-hydrogen) atoms. The van der Waals surface area contributed by atoms with Gasteiger partial charge in [-0.25, -0.2) is 9.97 Å². The summed E-state index contributed by atoms with van der Waals surface area (Å²) in [7, 11) is 3.47. The Morgan fingerprint density at radius 2 is 1.82 bits per heavy atom. The molecule has 0 saturated heterocycles. The molecule has 0 fully saturated rings. The topological polar surface area (TPSA) is 128 Å². The van der Waals surface area contributed by atoms with Crippen molar-refractivity contribution in [3.8, 4) is 33.9 Å². The first-order valence-electron chi connectivity index (χ1n) is 10.3. The van der Waals surface area contributed by atoms with Crippen LogP contribution in [0.15, 0.2) is 59.9 Å². The zero-order valence-corrected chi connectivity index (χ0v) is 18.4. The first-order valence-corrected chi connectivity index (χ1v) is 10.3. The molecule has 4 heterocycles. The molecule has 1 amide bonds. The van der Waals surface area contributed by atoms with Crippen molar-refractivity contribution in [1.29, 1.82) is 0 Å². The largest absolute Gasteiger partial charge is 0.394 e. The van der Waals surface area contributed by atoms with Gasteiger partial charge >= 0.3 is 0 Å². The van der Waals surface area contributed by atoms with E-state index in [1.165, 1.54) is 10.6 Å². The Hall–Kier alpha value is -4.18. The van der Waals surface area contributed by atoms with E-state index in [0.29, 0.717) is 28.3 Å². The second-order valence-electron chi connectivity index (χ2n) is 7.72. The minimum Gasteiger partial charge on any atom is -0.394 e. The van der Waals surface area contributed by atoms with Gasteiger partial charge in [-0.1, -0.05) is 0 Å². The first kappa shape index (κ1) is 22.0. The average molecular weight is 445 g/mol. The Balaban J connectivity index is 1.74. The summed E-state index contributed by atoms with van der Waals surface area (Å²) in [6.07, 6.45) is 6.77. The van der Waals surface area contributed by atoms with E-state index in [2.05, 4.69) is 25.4 Å². The van der Waals surface area contributed by atoms with E-state index in [-0.39, 0.29) is 17.9 Å². The molecule has 0 aliphatic rings. The molecule has 0 aromatic carbocycles. The summed E-state index contributed by atoms with van der Waals surface area (Å²) in [5, 5.41) is 16.1. The Kier molecular flexibility index (Phi) is 6.09. The lowest BCUT2D eigenvalue weighted by Crippen LogP contribution is -2.35. The molecule has 0 radical (unpaired) electrons. The molecule has 2 N–H and O–H groups in total. The highest BCUT2D eigenvalue weighted by atomic mass is 16.3. The van der Waals surface area contributed by atoms with Gasteiger partial charge in [-0.2, -0.15) is 5.10 Å². The van der Waals surface area contributed by atoms with Crippen molar-refractivity contribution >= 4 is 5.91 Å². The van der Waals surface area contributed by atoms with Crippen LogP contribution in [0, 0.1) is 0 Å². The lowest BCUT2D eigenvalue weighted by Gasteiger charge is -2.12. The van der Waals surface area contributed by atoms with Gasteiger partial charge in [0.1, 0.15) is 5.69 Å². The van der Waals surface area contributed by atoms with Crippen LogP contribution in [-0.2, 0) is 14.1 Å². The zero-order valence-electron chi connectivity index (χ0n) is 18.4. The van der Waals surface area contributed by atoms with E-state index in [1.54, 1.807) is 62.6 Å². The Bertz CT molecular complexity index is 1360. The van der Waals surface area contributed by atoms with E-state index < -0.39 is 11.9 Å². The zero-order chi connectivity index (χ0) is 23.5. The normalized spacial score (nSPS) is 11.9. The van der Waals surface area contributed by atoms with Crippen molar-refractivity contribution in [3.05, 3.63) is 71.2 Å². The highest BCUT2D eigenvalue weighted by Gasteiger charge is 2.17. The number of hydrogen-bond acceptors (Lipinski definition) is 7. The number of hydrogen-bond donors (Lipinski definition) is 2. The monoisotopic (exact) mass is 445 g/mol. The molecule has 0 spiro atoms. The summed E-state index contributed by atoms with van der Waals surface area (Å²) in [4.78, 5) is 37.9. The highest BCUT2D eigenvalue weighted by Crippen LogP contribution is 2.24. The lowest BCUT2D eigenvalue weighted by atomic mass is 10.1. The van der Waals surface area contributed by atoms with Crippen molar-refractivity contribution in [2.45, 2.75) is 13.0 Å². The summed E-state index contributed by atoms with van der Waals surface area (Å²) >= 11 is 0. The minimum absolute atomic E-state index is 0.0967. The fourth-order valence-electron chi connectivity index (χ4n) is 3.18. The third-order valence-corrected chi connectivity index (χ3v) is 5.01. The molecular weight excluding hydrogens is 422 g/mol. The molecule has 0 unspecified atom stereocenters. The number of nitrogens with zero attached hydrogens (tertiary/aromatic N) is 6. The quantitative estimate of drug-likeness (QED) is 0.459. The molecule has 168 valence electrons.